The fraction of sp³-hybridized carbons (Fsp3) is 0.333. The molecule has 18 heavy (non-hydrogen) atoms. The molecule has 96 valence electrons. The molecule has 2 rings (SSSR count). The van der Waals surface area contributed by atoms with Gasteiger partial charge >= 0.3 is 0 Å². The van der Waals surface area contributed by atoms with Crippen LogP contribution in [0.3, 0.4) is 0 Å². The molecule has 1 heterocycles. The Hall–Kier alpha value is -1.95. The number of benzene rings is 1. The molecule has 2 aromatic rings. The average Bonchev–Trinajstić information content (AvgIpc) is 2.77. The lowest BCUT2D eigenvalue weighted by Gasteiger charge is -2.04. The molecule has 0 unspecified atom stereocenters. The normalized spacial score (nSPS) is 10.6. The molecule has 0 amide bonds. The summed E-state index contributed by atoms with van der Waals surface area (Å²) in [4.78, 5) is 0. The standard InChI is InChI=1S/C12H14FN3O2/c1-18-12-3-2-9(6-11(12)13)7-16-8-10(4-5-17)14-15-16/h2-3,6,8,17H,4-5,7H2,1H3. The highest BCUT2D eigenvalue weighted by atomic mass is 19.1. The summed E-state index contributed by atoms with van der Waals surface area (Å²) in [6, 6.07) is 4.76. The van der Waals surface area contributed by atoms with Gasteiger partial charge in [-0.3, -0.25) is 0 Å². The van der Waals surface area contributed by atoms with Crippen LogP contribution >= 0.6 is 0 Å². The Balaban J connectivity index is 2.10. The molecule has 0 fully saturated rings. The maximum atomic E-state index is 13.5. The first-order chi connectivity index (χ1) is 8.72. The molecule has 1 N–H and O–H groups in total. The first-order valence-corrected chi connectivity index (χ1v) is 5.55. The second-order valence-electron chi connectivity index (χ2n) is 3.85. The van der Waals surface area contributed by atoms with Gasteiger partial charge in [0.15, 0.2) is 11.6 Å². The maximum Gasteiger partial charge on any atom is 0.165 e. The topological polar surface area (TPSA) is 60.2 Å². The van der Waals surface area contributed by atoms with E-state index in [9.17, 15) is 4.39 Å². The van der Waals surface area contributed by atoms with Crippen LogP contribution in [0.1, 0.15) is 11.3 Å². The second-order valence-corrected chi connectivity index (χ2v) is 3.85. The summed E-state index contributed by atoms with van der Waals surface area (Å²) in [6.45, 7) is 0.467. The smallest absolute Gasteiger partial charge is 0.165 e. The summed E-state index contributed by atoms with van der Waals surface area (Å²) >= 11 is 0. The van der Waals surface area contributed by atoms with Crippen LogP contribution in [-0.2, 0) is 13.0 Å². The van der Waals surface area contributed by atoms with Crippen LogP contribution in [0.25, 0.3) is 0 Å². The summed E-state index contributed by atoms with van der Waals surface area (Å²) in [7, 11) is 1.43. The van der Waals surface area contributed by atoms with E-state index in [1.54, 1.807) is 23.0 Å². The van der Waals surface area contributed by atoms with Crippen molar-refractivity contribution in [2.75, 3.05) is 13.7 Å². The van der Waals surface area contributed by atoms with E-state index < -0.39 is 5.82 Å². The molecule has 6 heteroatoms. The SMILES string of the molecule is COc1ccc(Cn2cc(CCO)nn2)cc1F. The van der Waals surface area contributed by atoms with Crippen molar-refractivity contribution in [2.45, 2.75) is 13.0 Å². The van der Waals surface area contributed by atoms with Crippen LogP contribution in [0, 0.1) is 5.82 Å². The zero-order valence-electron chi connectivity index (χ0n) is 10.0. The molecule has 0 radical (unpaired) electrons. The predicted molar refractivity (Wildman–Crippen MR) is 62.9 cm³/mol. The van der Waals surface area contributed by atoms with Gasteiger partial charge in [0.2, 0.25) is 0 Å². The van der Waals surface area contributed by atoms with Gasteiger partial charge in [-0.05, 0) is 17.7 Å². The number of aromatic nitrogens is 3. The molecule has 0 atom stereocenters. The number of hydrogen-bond donors (Lipinski definition) is 1. The zero-order chi connectivity index (χ0) is 13.0. The van der Waals surface area contributed by atoms with Crippen molar-refractivity contribution in [3.8, 4) is 5.75 Å². The van der Waals surface area contributed by atoms with Crippen LogP contribution < -0.4 is 4.74 Å². The van der Waals surface area contributed by atoms with Crippen molar-refractivity contribution in [1.29, 1.82) is 0 Å². The molecule has 1 aromatic heterocycles. The first-order valence-electron chi connectivity index (χ1n) is 5.55. The highest BCUT2D eigenvalue weighted by Crippen LogP contribution is 2.18. The highest BCUT2D eigenvalue weighted by Gasteiger charge is 2.05. The number of nitrogens with zero attached hydrogens (tertiary/aromatic N) is 3. The first kappa shape index (κ1) is 12.5. The molecule has 0 saturated carbocycles. The largest absolute Gasteiger partial charge is 0.494 e. The fourth-order valence-electron chi connectivity index (χ4n) is 1.64. The number of rotatable bonds is 5. The summed E-state index contributed by atoms with van der Waals surface area (Å²) in [5.74, 6) is -0.177. The van der Waals surface area contributed by atoms with Crippen molar-refractivity contribution in [1.82, 2.24) is 15.0 Å². The molecule has 0 aliphatic heterocycles. The van der Waals surface area contributed by atoms with Crippen LogP contribution in [-0.4, -0.2) is 33.8 Å². The Morgan fingerprint density at radius 1 is 1.44 bits per heavy atom. The molecule has 0 saturated heterocycles. The van der Waals surface area contributed by atoms with Gasteiger partial charge in [0.1, 0.15) is 0 Å². The van der Waals surface area contributed by atoms with Crippen LogP contribution in [0.4, 0.5) is 4.39 Å². The van der Waals surface area contributed by atoms with Crippen molar-refractivity contribution in [3.05, 3.63) is 41.5 Å². The average molecular weight is 251 g/mol. The van der Waals surface area contributed by atoms with Crippen LogP contribution in [0.2, 0.25) is 0 Å². The lowest BCUT2D eigenvalue weighted by atomic mass is 10.2. The molecule has 0 spiro atoms. The number of aliphatic hydroxyl groups excluding tert-OH is 1. The van der Waals surface area contributed by atoms with E-state index in [0.717, 1.165) is 5.56 Å². The minimum Gasteiger partial charge on any atom is -0.494 e. The van der Waals surface area contributed by atoms with Crippen molar-refractivity contribution >= 4 is 0 Å². The molecular weight excluding hydrogens is 237 g/mol. The third-order valence-corrected chi connectivity index (χ3v) is 2.51. The Morgan fingerprint density at radius 3 is 2.94 bits per heavy atom. The molecule has 0 aliphatic carbocycles. The summed E-state index contributed by atoms with van der Waals surface area (Å²) in [5.41, 5.74) is 1.49. The molecule has 0 aliphatic rings. The van der Waals surface area contributed by atoms with E-state index in [1.165, 1.54) is 13.2 Å². The second kappa shape index (κ2) is 5.59. The third-order valence-electron chi connectivity index (χ3n) is 2.51. The Kier molecular flexibility index (Phi) is 3.88. The Morgan fingerprint density at radius 2 is 2.28 bits per heavy atom. The van der Waals surface area contributed by atoms with E-state index >= 15 is 0 Å². The summed E-state index contributed by atoms with van der Waals surface area (Å²) < 4.78 is 19.9. The van der Waals surface area contributed by atoms with E-state index in [1.807, 2.05) is 0 Å². The molecule has 5 nitrogen and oxygen atoms in total. The van der Waals surface area contributed by atoms with E-state index in [2.05, 4.69) is 10.3 Å². The summed E-state index contributed by atoms with van der Waals surface area (Å²) in [5, 5.41) is 16.6. The van der Waals surface area contributed by atoms with Gasteiger partial charge < -0.3 is 9.84 Å². The van der Waals surface area contributed by atoms with Gasteiger partial charge in [-0.15, -0.1) is 5.10 Å². The van der Waals surface area contributed by atoms with Crippen molar-refractivity contribution < 1.29 is 14.2 Å². The zero-order valence-corrected chi connectivity index (χ0v) is 10.0. The van der Waals surface area contributed by atoms with Crippen molar-refractivity contribution in [2.24, 2.45) is 0 Å². The molecule has 0 bridgehead atoms. The third kappa shape index (κ3) is 2.84. The Labute approximate surface area is 104 Å². The maximum absolute atomic E-state index is 13.5. The lowest BCUT2D eigenvalue weighted by Crippen LogP contribution is -2.01. The number of aliphatic hydroxyl groups is 1. The van der Waals surface area contributed by atoms with Gasteiger partial charge in [-0.25, -0.2) is 9.07 Å². The van der Waals surface area contributed by atoms with Gasteiger partial charge in [0, 0.05) is 19.2 Å². The monoisotopic (exact) mass is 251 g/mol. The van der Waals surface area contributed by atoms with Gasteiger partial charge in [0.25, 0.3) is 0 Å². The van der Waals surface area contributed by atoms with Gasteiger partial charge in [0.05, 0.1) is 19.3 Å². The lowest BCUT2D eigenvalue weighted by molar-refractivity contribution is 0.298. The quantitative estimate of drug-likeness (QED) is 0.861. The highest BCUT2D eigenvalue weighted by molar-refractivity contribution is 5.29. The Bertz CT molecular complexity index is 528. The molecule has 1 aromatic carbocycles. The van der Waals surface area contributed by atoms with E-state index in [0.29, 0.717) is 18.7 Å². The van der Waals surface area contributed by atoms with E-state index in [4.69, 9.17) is 9.84 Å². The predicted octanol–water partition coefficient (Wildman–Crippen LogP) is 1.01. The van der Waals surface area contributed by atoms with E-state index in [-0.39, 0.29) is 12.4 Å². The number of hydrogen-bond acceptors (Lipinski definition) is 4. The summed E-state index contributed by atoms with van der Waals surface area (Å²) in [6.07, 6.45) is 2.20. The number of halogens is 1. The number of methoxy groups -OCH3 is 1. The molecular formula is C12H14FN3O2. The van der Waals surface area contributed by atoms with Gasteiger partial charge in [-0.2, -0.15) is 0 Å². The minimum atomic E-state index is -0.398. The number of ether oxygens (including phenoxy) is 1. The van der Waals surface area contributed by atoms with Crippen molar-refractivity contribution in [3.63, 3.8) is 0 Å². The minimum absolute atomic E-state index is 0.0376. The van der Waals surface area contributed by atoms with Gasteiger partial charge in [-0.1, -0.05) is 11.3 Å². The van der Waals surface area contributed by atoms with Crippen LogP contribution in [0.5, 0.6) is 5.75 Å². The van der Waals surface area contributed by atoms with Crippen LogP contribution in [0.15, 0.2) is 24.4 Å². The fourth-order valence-corrected chi connectivity index (χ4v) is 1.64.